The number of hydrogen-bond donors (Lipinski definition) is 1. The molecule has 0 bridgehead atoms. The summed E-state index contributed by atoms with van der Waals surface area (Å²) in [6.07, 6.45) is 2.39. The molecule has 3 aromatic rings. The molecule has 1 aromatic carbocycles. The molecule has 0 aliphatic heterocycles. The molecule has 3 rings (SSSR count). The first kappa shape index (κ1) is 20.5. The van der Waals surface area contributed by atoms with Gasteiger partial charge in [0.15, 0.2) is 5.65 Å². The summed E-state index contributed by atoms with van der Waals surface area (Å²) in [6, 6.07) is 8.13. The zero-order valence-corrected chi connectivity index (χ0v) is 17.4. The SMILES string of the molecule is CCN(Cc1ccccc1C)C(=O)CCc1c(C)nc2c(C(N)=O)cnn2c1C. The number of primary amides is 1. The van der Waals surface area contributed by atoms with Crippen molar-refractivity contribution in [1.29, 1.82) is 0 Å². The maximum absolute atomic E-state index is 12.9. The summed E-state index contributed by atoms with van der Waals surface area (Å²) in [6.45, 7) is 9.13. The van der Waals surface area contributed by atoms with Gasteiger partial charge in [0.1, 0.15) is 5.56 Å². The van der Waals surface area contributed by atoms with Gasteiger partial charge in [0.25, 0.3) is 5.91 Å². The standard InChI is InChI=1S/C22H27N5O2/c1-5-26(13-17-9-7-6-8-14(17)2)20(28)11-10-18-15(3)25-22-19(21(23)29)12-24-27(22)16(18)4/h6-9,12H,5,10-11,13H2,1-4H3,(H2,23,29). The van der Waals surface area contributed by atoms with Crippen LogP contribution in [-0.4, -0.2) is 37.9 Å². The molecule has 0 aliphatic carbocycles. The van der Waals surface area contributed by atoms with Gasteiger partial charge in [-0.05, 0) is 50.8 Å². The summed E-state index contributed by atoms with van der Waals surface area (Å²) in [7, 11) is 0. The van der Waals surface area contributed by atoms with Crippen molar-refractivity contribution in [2.24, 2.45) is 5.73 Å². The van der Waals surface area contributed by atoms with Crippen LogP contribution in [0, 0.1) is 20.8 Å². The van der Waals surface area contributed by atoms with Crippen molar-refractivity contribution >= 4 is 17.5 Å². The van der Waals surface area contributed by atoms with E-state index in [0.29, 0.717) is 37.1 Å². The molecule has 2 aromatic heterocycles. The molecule has 7 heteroatoms. The number of nitrogens with zero attached hydrogens (tertiary/aromatic N) is 4. The number of carbonyl (C=O) groups excluding carboxylic acids is 2. The molecule has 0 unspecified atom stereocenters. The van der Waals surface area contributed by atoms with Crippen LogP contribution in [0.3, 0.4) is 0 Å². The van der Waals surface area contributed by atoms with Crippen LogP contribution in [0.4, 0.5) is 0 Å². The molecule has 29 heavy (non-hydrogen) atoms. The third kappa shape index (κ3) is 4.13. The predicted octanol–water partition coefficient (Wildman–Crippen LogP) is 2.73. The van der Waals surface area contributed by atoms with Crippen LogP contribution < -0.4 is 5.73 Å². The Morgan fingerprint density at radius 3 is 2.55 bits per heavy atom. The van der Waals surface area contributed by atoms with Gasteiger partial charge in [-0.1, -0.05) is 24.3 Å². The van der Waals surface area contributed by atoms with Gasteiger partial charge in [-0.25, -0.2) is 9.50 Å². The monoisotopic (exact) mass is 393 g/mol. The number of amides is 2. The molecule has 0 spiro atoms. The number of fused-ring (bicyclic) bond motifs is 1. The number of hydrogen-bond acceptors (Lipinski definition) is 4. The first-order chi connectivity index (χ1) is 13.8. The van der Waals surface area contributed by atoms with Gasteiger partial charge in [-0.15, -0.1) is 0 Å². The molecule has 0 saturated carbocycles. The van der Waals surface area contributed by atoms with Gasteiger partial charge >= 0.3 is 0 Å². The quantitative estimate of drug-likeness (QED) is 0.668. The highest BCUT2D eigenvalue weighted by molar-refractivity contribution is 5.98. The fourth-order valence-corrected chi connectivity index (χ4v) is 3.61. The van der Waals surface area contributed by atoms with E-state index in [9.17, 15) is 9.59 Å². The Balaban J connectivity index is 1.78. The molecule has 2 N–H and O–H groups in total. The molecular weight excluding hydrogens is 366 g/mol. The lowest BCUT2D eigenvalue weighted by molar-refractivity contribution is -0.131. The van der Waals surface area contributed by atoms with Gasteiger partial charge in [0.05, 0.1) is 6.20 Å². The number of benzene rings is 1. The minimum absolute atomic E-state index is 0.105. The van der Waals surface area contributed by atoms with Crippen LogP contribution >= 0.6 is 0 Å². The van der Waals surface area contributed by atoms with Crippen molar-refractivity contribution in [3.05, 3.63) is 64.1 Å². The first-order valence-corrected chi connectivity index (χ1v) is 9.79. The largest absolute Gasteiger partial charge is 0.365 e. The van der Waals surface area contributed by atoms with Crippen molar-refractivity contribution in [3.63, 3.8) is 0 Å². The van der Waals surface area contributed by atoms with E-state index < -0.39 is 5.91 Å². The van der Waals surface area contributed by atoms with Crippen molar-refractivity contribution in [3.8, 4) is 0 Å². The summed E-state index contributed by atoms with van der Waals surface area (Å²) in [5.74, 6) is -0.447. The highest BCUT2D eigenvalue weighted by Crippen LogP contribution is 2.19. The minimum Gasteiger partial charge on any atom is -0.365 e. The number of rotatable bonds is 7. The van der Waals surface area contributed by atoms with E-state index in [1.54, 1.807) is 4.52 Å². The Bertz CT molecular complexity index is 1070. The second kappa shape index (κ2) is 8.43. The Morgan fingerprint density at radius 1 is 1.17 bits per heavy atom. The van der Waals surface area contributed by atoms with Gasteiger partial charge in [-0.3, -0.25) is 9.59 Å². The molecule has 7 nitrogen and oxygen atoms in total. The number of aromatic nitrogens is 3. The summed E-state index contributed by atoms with van der Waals surface area (Å²) in [5, 5.41) is 4.24. The molecule has 0 saturated heterocycles. The van der Waals surface area contributed by atoms with Crippen LogP contribution in [0.5, 0.6) is 0 Å². The lowest BCUT2D eigenvalue weighted by atomic mass is 10.0. The Kier molecular flexibility index (Phi) is 5.96. The smallest absolute Gasteiger partial charge is 0.254 e. The average Bonchev–Trinajstić information content (AvgIpc) is 3.11. The molecule has 0 fully saturated rings. The number of carbonyl (C=O) groups is 2. The van der Waals surface area contributed by atoms with E-state index >= 15 is 0 Å². The molecule has 152 valence electrons. The molecular formula is C22H27N5O2. The Hall–Kier alpha value is -3.22. The topological polar surface area (TPSA) is 93.6 Å². The van der Waals surface area contributed by atoms with E-state index in [2.05, 4.69) is 29.1 Å². The van der Waals surface area contributed by atoms with E-state index in [-0.39, 0.29) is 5.91 Å². The summed E-state index contributed by atoms with van der Waals surface area (Å²) in [4.78, 5) is 30.8. The van der Waals surface area contributed by atoms with E-state index in [4.69, 9.17) is 5.73 Å². The third-order valence-electron chi connectivity index (χ3n) is 5.42. The third-order valence-corrected chi connectivity index (χ3v) is 5.42. The highest BCUT2D eigenvalue weighted by atomic mass is 16.2. The van der Waals surface area contributed by atoms with Crippen molar-refractivity contribution < 1.29 is 9.59 Å². The summed E-state index contributed by atoms with van der Waals surface area (Å²) >= 11 is 0. The molecule has 2 heterocycles. The number of nitrogens with two attached hydrogens (primary N) is 1. The lowest BCUT2D eigenvalue weighted by Gasteiger charge is -2.22. The zero-order valence-electron chi connectivity index (χ0n) is 17.4. The summed E-state index contributed by atoms with van der Waals surface area (Å²) < 4.78 is 1.62. The van der Waals surface area contributed by atoms with Crippen molar-refractivity contribution in [1.82, 2.24) is 19.5 Å². The lowest BCUT2D eigenvalue weighted by Crippen LogP contribution is -2.31. The van der Waals surface area contributed by atoms with Gasteiger partial charge in [-0.2, -0.15) is 5.10 Å². The van der Waals surface area contributed by atoms with Crippen LogP contribution in [0.25, 0.3) is 5.65 Å². The molecule has 0 aliphatic rings. The van der Waals surface area contributed by atoms with Crippen LogP contribution in [-0.2, 0) is 17.8 Å². The van der Waals surface area contributed by atoms with Crippen LogP contribution in [0.15, 0.2) is 30.5 Å². The van der Waals surface area contributed by atoms with E-state index in [1.165, 1.54) is 11.8 Å². The Morgan fingerprint density at radius 2 is 1.90 bits per heavy atom. The predicted molar refractivity (Wildman–Crippen MR) is 112 cm³/mol. The fourth-order valence-electron chi connectivity index (χ4n) is 3.61. The van der Waals surface area contributed by atoms with Crippen molar-refractivity contribution in [2.75, 3.05) is 6.54 Å². The molecule has 0 atom stereocenters. The Labute approximate surface area is 170 Å². The van der Waals surface area contributed by atoms with Gasteiger partial charge in [0.2, 0.25) is 5.91 Å². The van der Waals surface area contributed by atoms with Crippen LogP contribution in [0.2, 0.25) is 0 Å². The van der Waals surface area contributed by atoms with Crippen molar-refractivity contribution in [2.45, 2.75) is 47.1 Å². The second-order valence-corrected chi connectivity index (χ2v) is 7.25. The maximum atomic E-state index is 12.9. The molecule has 0 radical (unpaired) electrons. The van der Waals surface area contributed by atoms with Crippen LogP contribution in [0.1, 0.15) is 51.8 Å². The first-order valence-electron chi connectivity index (χ1n) is 9.79. The normalized spacial score (nSPS) is 11.0. The highest BCUT2D eigenvalue weighted by Gasteiger charge is 2.19. The zero-order chi connectivity index (χ0) is 21.1. The van der Waals surface area contributed by atoms with Gasteiger partial charge < -0.3 is 10.6 Å². The number of aryl methyl sites for hydroxylation is 3. The molecule has 2 amide bonds. The minimum atomic E-state index is -0.552. The summed E-state index contributed by atoms with van der Waals surface area (Å²) in [5.41, 5.74) is 11.1. The average molecular weight is 393 g/mol. The van der Waals surface area contributed by atoms with E-state index in [0.717, 1.165) is 22.5 Å². The maximum Gasteiger partial charge on any atom is 0.254 e. The van der Waals surface area contributed by atoms with Gasteiger partial charge in [0, 0.05) is 30.9 Å². The fraction of sp³-hybridized carbons (Fsp3) is 0.364. The second-order valence-electron chi connectivity index (χ2n) is 7.25. The van der Waals surface area contributed by atoms with E-state index in [1.807, 2.05) is 37.8 Å².